The van der Waals surface area contributed by atoms with Crippen LogP contribution >= 0.6 is 0 Å². The Bertz CT molecular complexity index is 1170. The standard InChI is InChI=1S/C21H22FN5O3/c1-21-5-3-13(24-21)19(22)14(9-21)27(2)18-10-23-20(26-25-18)12-8-17-11(7-16(12)29)15(28)4-6-30-17/h4,6-8,10,13-14,19,24,29H,3,5,9H2,1-2H3/t13?,14-,19+,21-/m1/s1. The second-order valence-corrected chi connectivity index (χ2v) is 8.47. The van der Waals surface area contributed by atoms with Crippen molar-refractivity contribution in [2.75, 3.05) is 11.9 Å². The fourth-order valence-electron chi connectivity index (χ4n) is 4.68. The van der Waals surface area contributed by atoms with Crippen LogP contribution in [-0.2, 0) is 0 Å². The van der Waals surface area contributed by atoms with Crippen LogP contribution < -0.4 is 15.6 Å². The molecule has 2 N–H and O–H groups in total. The number of hydrogen-bond acceptors (Lipinski definition) is 8. The van der Waals surface area contributed by atoms with E-state index >= 15 is 0 Å². The van der Waals surface area contributed by atoms with E-state index in [0.717, 1.165) is 12.8 Å². The van der Waals surface area contributed by atoms with Crippen molar-refractivity contribution in [1.82, 2.24) is 20.5 Å². The molecule has 2 bridgehead atoms. The maximum Gasteiger partial charge on any atom is 0.192 e. The first-order valence-corrected chi connectivity index (χ1v) is 9.94. The molecule has 1 aromatic carbocycles. The number of benzene rings is 1. The number of phenolic OH excluding ortho intramolecular Hbond substituents is 1. The molecular weight excluding hydrogens is 389 g/mol. The Morgan fingerprint density at radius 3 is 2.97 bits per heavy atom. The number of nitrogens with zero attached hydrogens (tertiary/aromatic N) is 4. The minimum Gasteiger partial charge on any atom is -0.507 e. The lowest BCUT2D eigenvalue weighted by Gasteiger charge is -2.43. The van der Waals surface area contributed by atoms with E-state index in [0.29, 0.717) is 23.4 Å². The number of aromatic hydroxyl groups is 1. The van der Waals surface area contributed by atoms with Gasteiger partial charge in [-0.2, -0.15) is 0 Å². The van der Waals surface area contributed by atoms with Crippen molar-refractivity contribution in [3.8, 4) is 17.1 Å². The van der Waals surface area contributed by atoms with Gasteiger partial charge in [-0.25, -0.2) is 9.37 Å². The van der Waals surface area contributed by atoms with Gasteiger partial charge in [0.15, 0.2) is 17.1 Å². The highest BCUT2D eigenvalue weighted by molar-refractivity contribution is 5.84. The number of nitrogens with one attached hydrogen (secondary N) is 1. The van der Waals surface area contributed by atoms with Crippen molar-refractivity contribution in [2.24, 2.45) is 0 Å². The summed E-state index contributed by atoms with van der Waals surface area (Å²) in [6.07, 6.45) is 4.29. The summed E-state index contributed by atoms with van der Waals surface area (Å²) in [5.74, 6) is 0.505. The molecule has 2 aliphatic heterocycles. The highest BCUT2D eigenvalue weighted by Crippen LogP contribution is 2.39. The number of anilines is 1. The Hall–Kier alpha value is -3.07. The number of hydrogen-bond donors (Lipinski definition) is 2. The molecule has 156 valence electrons. The highest BCUT2D eigenvalue weighted by Gasteiger charge is 2.49. The quantitative estimate of drug-likeness (QED) is 0.677. The van der Waals surface area contributed by atoms with Gasteiger partial charge in [0.1, 0.15) is 17.5 Å². The first kappa shape index (κ1) is 18.9. The zero-order valence-electron chi connectivity index (χ0n) is 16.7. The Morgan fingerprint density at radius 2 is 2.20 bits per heavy atom. The largest absolute Gasteiger partial charge is 0.507 e. The lowest BCUT2D eigenvalue weighted by atomic mass is 9.87. The lowest BCUT2D eigenvalue weighted by molar-refractivity contribution is 0.144. The molecule has 2 aromatic heterocycles. The number of fused-ring (bicyclic) bond motifs is 3. The van der Waals surface area contributed by atoms with E-state index in [1.807, 2.05) is 0 Å². The lowest BCUT2D eigenvalue weighted by Crippen LogP contribution is -2.60. The van der Waals surface area contributed by atoms with Crippen LogP contribution in [0.1, 0.15) is 26.2 Å². The average Bonchev–Trinajstić information content (AvgIpc) is 3.08. The van der Waals surface area contributed by atoms with Gasteiger partial charge in [0.05, 0.1) is 29.5 Å². The molecule has 2 saturated heterocycles. The van der Waals surface area contributed by atoms with E-state index in [1.54, 1.807) is 11.9 Å². The molecule has 5 rings (SSSR count). The van der Waals surface area contributed by atoms with E-state index in [1.165, 1.54) is 30.7 Å². The third kappa shape index (κ3) is 3.00. The van der Waals surface area contributed by atoms with Crippen molar-refractivity contribution in [2.45, 2.75) is 50.0 Å². The molecule has 2 fully saturated rings. The van der Waals surface area contributed by atoms with Crippen LogP contribution in [-0.4, -0.2) is 51.1 Å². The summed E-state index contributed by atoms with van der Waals surface area (Å²) in [5.41, 5.74) is 0.306. The molecule has 0 amide bonds. The molecule has 30 heavy (non-hydrogen) atoms. The SMILES string of the molecule is CN(c1cnc(-c2cc3occc(=O)c3cc2O)nn1)[C@@H]1C[C@@]2(C)CCC(N2)[C@@H]1F. The normalized spacial score (nSPS) is 28.0. The molecule has 0 spiro atoms. The molecule has 0 aliphatic carbocycles. The molecule has 8 nitrogen and oxygen atoms in total. The number of rotatable bonds is 3. The summed E-state index contributed by atoms with van der Waals surface area (Å²) in [5, 5.41) is 22.4. The van der Waals surface area contributed by atoms with Gasteiger partial charge in [-0.1, -0.05) is 0 Å². The van der Waals surface area contributed by atoms with Gasteiger partial charge < -0.3 is 19.7 Å². The van der Waals surface area contributed by atoms with Crippen molar-refractivity contribution >= 4 is 16.8 Å². The van der Waals surface area contributed by atoms with Gasteiger partial charge in [-0.3, -0.25) is 4.79 Å². The van der Waals surface area contributed by atoms with Gasteiger partial charge in [0.25, 0.3) is 0 Å². The minimum atomic E-state index is -1.00. The summed E-state index contributed by atoms with van der Waals surface area (Å²) in [7, 11) is 1.80. The van der Waals surface area contributed by atoms with Crippen LogP contribution in [0, 0.1) is 0 Å². The summed E-state index contributed by atoms with van der Waals surface area (Å²) in [4.78, 5) is 18.0. The van der Waals surface area contributed by atoms with Gasteiger partial charge in [0, 0.05) is 24.7 Å². The number of halogens is 1. The van der Waals surface area contributed by atoms with Crippen molar-refractivity contribution < 1.29 is 13.9 Å². The fraction of sp³-hybridized carbons (Fsp3) is 0.429. The molecule has 4 atom stereocenters. The first-order valence-electron chi connectivity index (χ1n) is 9.94. The zero-order valence-corrected chi connectivity index (χ0v) is 16.7. The molecule has 0 radical (unpaired) electrons. The summed E-state index contributed by atoms with van der Waals surface area (Å²) >= 11 is 0. The van der Waals surface area contributed by atoms with E-state index in [9.17, 15) is 14.3 Å². The Morgan fingerprint density at radius 1 is 1.37 bits per heavy atom. The van der Waals surface area contributed by atoms with Crippen LogP contribution in [0.25, 0.3) is 22.4 Å². The van der Waals surface area contributed by atoms with E-state index in [-0.39, 0.29) is 40.0 Å². The van der Waals surface area contributed by atoms with Crippen LogP contribution in [0.2, 0.25) is 0 Å². The van der Waals surface area contributed by atoms with Gasteiger partial charge in [-0.05, 0) is 38.3 Å². The molecular formula is C21H22FN5O3. The summed E-state index contributed by atoms with van der Waals surface area (Å²) in [6.45, 7) is 2.13. The number of phenols is 1. The van der Waals surface area contributed by atoms with E-state index in [4.69, 9.17) is 4.42 Å². The molecule has 9 heteroatoms. The maximum atomic E-state index is 15.0. The molecule has 4 heterocycles. The van der Waals surface area contributed by atoms with E-state index < -0.39 is 6.17 Å². The van der Waals surface area contributed by atoms with Gasteiger partial charge in [-0.15, -0.1) is 10.2 Å². The van der Waals surface area contributed by atoms with Crippen LogP contribution in [0.3, 0.4) is 0 Å². The molecule has 3 aromatic rings. The van der Waals surface area contributed by atoms with Crippen LogP contribution in [0.4, 0.5) is 10.2 Å². The monoisotopic (exact) mass is 411 g/mol. The Kier molecular flexibility index (Phi) is 4.25. The molecule has 2 aliphatic rings. The third-order valence-corrected chi connectivity index (χ3v) is 6.38. The predicted octanol–water partition coefficient (Wildman–Crippen LogP) is 2.41. The molecule has 1 unspecified atom stereocenters. The smallest absolute Gasteiger partial charge is 0.192 e. The van der Waals surface area contributed by atoms with Crippen LogP contribution in [0.15, 0.2) is 39.9 Å². The Labute approximate surface area is 171 Å². The average molecular weight is 411 g/mol. The van der Waals surface area contributed by atoms with Crippen molar-refractivity contribution in [3.63, 3.8) is 0 Å². The first-order chi connectivity index (χ1) is 14.3. The summed E-state index contributed by atoms with van der Waals surface area (Å²) < 4.78 is 20.3. The third-order valence-electron chi connectivity index (χ3n) is 6.38. The second-order valence-electron chi connectivity index (χ2n) is 8.47. The van der Waals surface area contributed by atoms with Crippen molar-refractivity contribution in [3.05, 3.63) is 40.9 Å². The highest BCUT2D eigenvalue weighted by atomic mass is 19.1. The zero-order chi connectivity index (χ0) is 21.0. The van der Waals surface area contributed by atoms with E-state index in [2.05, 4.69) is 27.4 Å². The summed E-state index contributed by atoms with van der Waals surface area (Å²) in [6, 6.07) is 3.68. The topological polar surface area (TPSA) is 104 Å². The van der Waals surface area contributed by atoms with Crippen LogP contribution in [0.5, 0.6) is 5.75 Å². The van der Waals surface area contributed by atoms with Gasteiger partial charge >= 0.3 is 0 Å². The number of piperidine rings is 1. The number of aromatic nitrogens is 3. The maximum absolute atomic E-state index is 15.0. The van der Waals surface area contributed by atoms with Crippen molar-refractivity contribution in [1.29, 1.82) is 0 Å². The second kappa shape index (κ2) is 6.73. The fourth-order valence-corrected chi connectivity index (χ4v) is 4.68. The minimum absolute atomic E-state index is 0.0617. The van der Waals surface area contributed by atoms with Gasteiger partial charge in [0.2, 0.25) is 0 Å². The molecule has 0 saturated carbocycles. The Balaban J connectivity index is 1.44. The predicted molar refractivity (Wildman–Crippen MR) is 109 cm³/mol. The number of alkyl halides is 1.